The van der Waals surface area contributed by atoms with Gasteiger partial charge >= 0.3 is 5.97 Å². The highest BCUT2D eigenvalue weighted by molar-refractivity contribution is 7.14. The zero-order chi connectivity index (χ0) is 9.97. The molecule has 14 heavy (non-hydrogen) atoms. The second-order valence-electron chi connectivity index (χ2n) is 2.73. The van der Waals surface area contributed by atoms with E-state index in [9.17, 15) is 4.79 Å². The minimum atomic E-state index is -0.841. The number of thiazole rings is 1. The highest BCUT2D eigenvalue weighted by atomic mass is 32.1. The summed E-state index contributed by atoms with van der Waals surface area (Å²) in [7, 11) is 0. The van der Waals surface area contributed by atoms with E-state index in [0.29, 0.717) is 5.69 Å². The zero-order valence-corrected chi connectivity index (χ0v) is 8.77. The summed E-state index contributed by atoms with van der Waals surface area (Å²) in [6, 6.07) is 1.98. The number of carboxylic acid groups (broad SMARTS) is 1. The van der Waals surface area contributed by atoms with Crippen LogP contribution in [0.2, 0.25) is 0 Å². The average molecular weight is 225 g/mol. The van der Waals surface area contributed by atoms with Gasteiger partial charge in [0, 0.05) is 16.3 Å². The molecule has 0 saturated heterocycles. The minimum absolute atomic E-state index is 0.000632. The summed E-state index contributed by atoms with van der Waals surface area (Å²) in [6.45, 7) is 0. The average Bonchev–Trinajstić information content (AvgIpc) is 2.69. The van der Waals surface area contributed by atoms with Gasteiger partial charge in [-0.2, -0.15) is 11.3 Å². The molecule has 72 valence electrons. The van der Waals surface area contributed by atoms with E-state index in [-0.39, 0.29) is 6.42 Å². The normalized spacial score (nSPS) is 10.3. The van der Waals surface area contributed by atoms with Gasteiger partial charge in [0.2, 0.25) is 0 Å². The molecular weight excluding hydrogens is 218 g/mol. The highest BCUT2D eigenvalue weighted by Gasteiger charge is 2.07. The molecule has 0 bridgehead atoms. The van der Waals surface area contributed by atoms with Gasteiger partial charge in [-0.1, -0.05) is 0 Å². The van der Waals surface area contributed by atoms with Crippen molar-refractivity contribution in [1.82, 2.24) is 4.98 Å². The predicted molar refractivity (Wildman–Crippen MR) is 56.8 cm³/mol. The first-order chi connectivity index (χ1) is 6.75. The number of aromatic nitrogens is 1. The number of carbonyl (C=O) groups is 1. The van der Waals surface area contributed by atoms with Crippen LogP contribution in [-0.2, 0) is 11.2 Å². The minimum Gasteiger partial charge on any atom is -0.481 e. The summed E-state index contributed by atoms with van der Waals surface area (Å²) < 4.78 is 0. The number of thiophene rings is 1. The van der Waals surface area contributed by atoms with E-state index >= 15 is 0 Å². The molecule has 0 spiro atoms. The van der Waals surface area contributed by atoms with Crippen molar-refractivity contribution in [3.8, 4) is 10.6 Å². The number of hydrogen-bond acceptors (Lipinski definition) is 4. The van der Waals surface area contributed by atoms with Crippen LogP contribution in [0.3, 0.4) is 0 Å². The van der Waals surface area contributed by atoms with Crippen molar-refractivity contribution >= 4 is 28.6 Å². The van der Waals surface area contributed by atoms with Crippen LogP contribution in [0.25, 0.3) is 10.6 Å². The molecule has 0 amide bonds. The van der Waals surface area contributed by atoms with Crippen molar-refractivity contribution in [2.75, 3.05) is 0 Å². The van der Waals surface area contributed by atoms with E-state index in [4.69, 9.17) is 5.11 Å². The molecule has 3 nitrogen and oxygen atoms in total. The van der Waals surface area contributed by atoms with E-state index in [2.05, 4.69) is 4.98 Å². The number of carboxylic acids is 1. The fraction of sp³-hybridized carbons (Fsp3) is 0.111. The Morgan fingerprint density at radius 2 is 2.36 bits per heavy atom. The molecule has 0 atom stereocenters. The molecular formula is C9H7NO2S2. The van der Waals surface area contributed by atoms with Crippen LogP contribution in [-0.4, -0.2) is 16.1 Å². The summed E-state index contributed by atoms with van der Waals surface area (Å²) in [4.78, 5) is 14.7. The van der Waals surface area contributed by atoms with Gasteiger partial charge in [0.1, 0.15) is 5.01 Å². The van der Waals surface area contributed by atoms with Crippen LogP contribution in [0.15, 0.2) is 22.2 Å². The van der Waals surface area contributed by atoms with Gasteiger partial charge in [-0.05, 0) is 11.4 Å². The molecule has 0 saturated carbocycles. The Kier molecular flexibility index (Phi) is 2.60. The Morgan fingerprint density at radius 3 is 3.00 bits per heavy atom. The molecule has 1 N–H and O–H groups in total. The molecule has 2 heterocycles. The van der Waals surface area contributed by atoms with E-state index in [1.807, 2.05) is 16.8 Å². The van der Waals surface area contributed by atoms with Gasteiger partial charge < -0.3 is 5.11 Å². The summed E-state index contributed by atoms with van der Waals surface area (Å²) in [5.74, 6) is -0.841. The van der Waals surface area contributed by atoms with Gasteiger partial charge in [0.15, 0.2) is 0 Å². The first-order valence-corrected chi connectivity index (χ1v) is 5.77. The standard InChI is InChI=1S/C9H7NO2S2/c11-8(12)3-7-5-14-9(10-7)6-1-2-13-4-6/h1-2,4-5H,3H2,(H,11,12). The number of aliphatic carboxylic acids is 1. The molecule has 2 aromatic heterocycles. The third kappa shape index (κ3) is 2.00. The largest absolute Gasteiger partial charge is 0.481 e. The number of nitrogens with zero attached hydrogens (tertiary/aromatic N) is 1. The van der Waals surface area contributed by atoms with E-state index < -0.39 is 5.97 Å². The fourth-order valence-corrected chi connectivity index (χ4v) is 2.59. The Bertz CT molecular complexity index is 433. The predicted octanol–water partition coefficient (Wildman–Crippen LogP) is 2.50. The quantitative estimate of drug-likeness (QED) is 0.873. The SMILES string of the molecule is O=C(O)Cc1csc(-c2ccsc2)n1. The lowest BCUT2D eigenvalue weighted by molar-refractivity contribution is -0.136. The van der Waals surface area contributed by atoms with Crippen LogP contribution < -0.4 is 0 Å². The van der Waals surface area contributed by atoms with Crippen LogP contribution in [0.4, 0.5) is 0 Å². The van der Waals surface area contributed by atoms with Crippen LogP contribution >= 0.6 is 22.7 Å². The smallest absolute Gasteiger partial charge is 0.309 e. The molecule has 0 aliphatic carbocycles. The van der Waals surface area contributed by atoms with Crippen molar-refractivity contribution in [2.24, 2.45) is 0 Å². The second kappa shape index (κ2) is 3.89. The van der Waals surface area contributed by atoms with Gasteiger partial charge in [-0.25, -0.2) is 4.98 Å². The van der Waals surface area contributed by atoms with Crippen LogP contribution in [0, 0.1) is 0 Å². The highest BCUT2D eigenvalue weighted by Crippen LogP contribution is 2.25. The maximum atomic E-state index is 10.4. The molecule has 0 unspecified atom stereocenters. The number of rotatable bonds is 3. The van der Waals surface area contributed by atoms with Gasteiger partial charge in [-0.3, -0.25) is 4.79 Å². The lowest BCUT2D eigenvalue weighted by Gasteiger charge is -1.88. The molecule has 0 aliphatic rings. The summed E-state index contributed by atoms with van der Waals surface area (Å²) in [5.41, 5.74) is 1.69. The maximum absolute atomic E-state index is 10.4. The maximum Gasteiger partial charge on any atom is 0.309 e. The summed E-state index contributed by atoms with van der Waals surface area (Å²) >= 11 is 3.09. The third-order valence-corrected chi connectivity index (χ3v) is 3.28. The Balaban J connectivity index is 2.22. The molecule has 0 aliphatic heterocycles. The van der Waals surface area contributed by atoms with Crippen molar-refractivity contribution in [3.63, 3.8) is 0 Å². The Morgan fingerprint density at radius 1 is 1.50 bits per heavy atom. The fourth-order valence-electron chi connectivity index (χ4n) is 1.06. The summed E-state index contributed by atoms with van der Waals surface area (Å²) in [5, 5.41) is 15.2. The molecule has 0 aromatic carbocycles. The van der Waals surface area contributed by atoms with E-state index in [0.717, 1.165) is 10.6 Å². The molecule has 0 fully saturated rings. The van der Waals surface area contributed by atoms with Crippen molar-refractivity contribution in [3.05, 3.63) is 27.9 Å². The monoisotopic (exact) mass is 225 g/mol. The van der Waals surface area contributed by atoms with E-state index in [1.54, 1.807) is 16.7 Å². The van der Waals surface area contributed by atoms with Crippen molar-refractivity contribution in [1.29, 1.82) is 0 Å². The van der Waals surface area contributed by atoms with E-state index in [1.165, 1.54) is 11.3 Å². The lowest BCUT2D eigenvalue weighted by Crippen LogP contribution is -1.99. The molecule has 2 rings (SSSR count). The van der Waals surface area contributed by atoms with Crippen molar-refractivity contribution < 1.29 is 9.90 Å². The second-order valence-corrected chi connectivity index (χ2v) is 4.36. The first-order valence-electron chi connectivity index (χ1n) is 3.94. The number of hydrogen-bond donors (Lipinski definition) is 1. The van der Waals surface area contributed by atoms with Gasteiger partial charge in [0.25, 0.3) is 0 Å². The molecule has 5 heteroatoms. The zero-order valence-electron chi connectivity index (χ0n) is 7.14. The third-order valence-electron chi connectivity index (χ3n) is 1.65. The lowest BCUT2D eigenvalue weighted by atomic mass is 10.3. The summed E-state index contributed by atoms with van der Waals surface area (Å²) in [6.07, 6.45) is 0.000632. The molecule has 2 aromatic rings. The first kappa shape index (κ1) is 9.36. The van der Waals surface area contributed by atoms with Crippen LogP contribution in [0.5, 0.6) is 0 Å². The van der Waals surface area contributed by atoms with Gasteiger partial charge in [-0.15, -0.1) is 11.3 Å². The topological polar surface area (TPSA) is 50.2 Å². The Labute approximate surface area is 88.7 Å². The van der Waals surface area contributed by atoms with Crippen molar-refractivity contribution in [2.45, 2.75) is 6.42 Å². The Hall–Kier alpha value is -1.20. The van der Waals surface area contributed by atoms with Gasteiger partial charge in [0.05, 0.1) is 12.1 Å². The van der Waals surface area contributed by atoms with Crippen LogP contribution in [0.1, 0.15) is 5.69 Å². The molecule has 0 radical (unpaired) electrons.